The van der Waals surface area contributed by atoms with E-state index in [4.69, 9.17) is 4.74 Å². The van der Waals surface area contributed by atoms with Crippen LogP contribution in [0.3, 0.4) is 0 Å². The van der Waals surface area contributed by atoms with Crippen LogP contribution in [-0.2, 0) is 29.1 Å². The zero-order valence-corrected chi connectivity index (χ0v) is 17.3. The van der Waals surface area contributed by atoms with E-state index < -0.39 is 11.8 Å². The normalized spacial score (nSPS) is 13.2. The fraction of sp³-hybridized carbons (Fsp3) is 0.304. The van der Waals surface area contributed by atoms with Crippen LogP contribution in [0.25, 0.3) is 10.9 Å². The molecule has 2 aromatic carbocycles. The molecule has 1 aliphatic heterocycles. The lowest BCUT2D eigenvalue weighted by molar-refractivity contribution is -0.136. The third kappa shape index (κ3) is 4.42. The minimum Gasteiger partial charge on any atom is -0.496 e. The third-order valence-electron chi connectivity index (χ3n) is 5.41. The van der Waals surface area contributed by atoms with Crippen LogP contribution in [0.5, 0.6) is 5.75 Å². The van der Waals surface area contributed by atoms with E-state index in [9.17, 15) is 14.4 Å². The van der Waals surface area contributed by atoms with Crippen LogP contribution in [0.15, 0.2) is 47.3 Å². The summed E-state index contributed by atoms with van der Waals surface area (Å²) in [5, 5.41) is 5.57. The number of carbonyl (C=O) groups is 2. The van der Waals surface area contributed by atoms with Gasteiger partial charge in [-0.1, -0.05) is 24.6 Å². The van der Waals surface area contributed by atoms with Gasteiger partial charge < -0.3 is 15.4 Å². The van der Waals surface area contributed by atoms with Gasteiger partial charge in [-0.3, -0.25) is 19.0 Å². The van der Waals surface area contributed by atoms with Gasteiger partial charge in [0, 0.05) is 30.8 Å². The second-order valence-corrected chi connectivity index (χ2v) is 7.48. The van der Waals surface area contributed by atoms with Crippen LogP contribution >= 0.6 is 0 Å². The largest absolute Gasteiger partial charge is 0.496 e. The standard InChI is InChI=1S/C23H24N4O4/c1-31-19-8-5-4-7-15(19)14-24-21(28)22(29)25-16-10-11-18-17(13-16)23(30)27-12-6-2-3-9-20(27)26-18/h4-5,7-8,10-11,13H,2-3,6,9,12,14H2,1H3,(H,24,28)(H,25,29). The first-order valence-corrected chi connectivity index (χ1v) is 10.3. The van der Waals surface area contributed by atoms with Gasteiger partial charge in [0.25, 0.3) is 5.56 Å². The van der Waals surface area contributed by atoms with Crippen LogP contribution in [0.4, 0.5) is 5.69 Å². The summed E-state index contributed by atoms with van der Waals surface area (Å²) in [5.74, 6) is -0.146. The molecule has 0 atom stereocenters. The molecule has 2 heterocycles. The lowest BCUT2D eigenvalue weighted by Gasteiger charge is -2.12. The maximum atomic E-state index is 12.9. The van der Waals surface area contributed by atoms with E-state index in [1.54, 1.807) is 35.9 Å². The van der Waals surface area contributed by atoms with Gasteiger partial charge in [-0.15, -0.1) is 0 Å². The number of hydrogen-bond donors (Lipinski definition) is 2. The summed E-state index contributed by atoms with van der Waals surface area (Å²) < 4.78 is 6.97. The van der Waals surface area contributed by atoms with Crippen LogP contribution in [0.2, 0.25) is 0 Å². The van der Waals surface area contributed by atoms with Crippen molar-refractivity contribution in [3.05, 3.63) is 64.2 Å². The first kappa shape index (κ1) is 20.6. The first-order chi connectivity index (χ1) is 15.1. The molecule has 4 rings (SSSR count). The Morgan fingerprint density at radius 3 is 2.77 bits per heavy atom. The number of hydrogen-bond acceptors (Lipinski definition) is 5. The van der Waals surface area contributed by atoms with E-state index in [0.717, 1.165) is 37.1 Å². The number of benzene rings is 2. The molecule has 2 amide bonds. The summed E-state index contributed by atoms with van der Waals surface area (Å²) in [6.07, 6.45) is 3.83. The predicted molar refractivity (Wildman–Crippen MR) is 117 cm³/mol. The summed E-state index contributed by atoms with van der Waals surface area (Å²) in [6.45, 7) is 0.810. The van der Waals surface area contributed by atoms with Crippen molar-refractivity contribution in [2.45, 2.75) is 38.8 Å². The number of anilines is 1. The molecule has 0 spiro atoms. The van der Waals surface area contributed by atoms with Crippen LogP contribution in [-0.4, -0.2) is 28.5 Å². The van der Waals surface area contributed by atoms with Gasteiger partial charge in [-0.05, 0) is 37.1 Å². The van der Waals surface area contributed by atoms with Gasteiger partial charge in [0.2, 0.25) is 0 Å². The molecule has 0 radical (unpaired) electrons. The molecule has 3 aromatic rings. The van der Waals surface area contributed by atoms with Crippen molar-refractivity contribution in [1.82, 2.24) is 14.9 Å². The number of aryl methyl sites for hydroxylation is 1. The van der Waals surface area contributed by atoms with E-state index >= 15 is 0 Å². The molecule has 0 fully saturated rings. The van der Waals surface area contributed by atoms with E-state index in [1.807, 2.05) is 18.2 Å². The maximum absolute atomic E-state index is 12.9. The highest BCUT2D eigenvalue weighted by Gasteiger charge is 2.17. The van der Waals surface area contributed by atoms with Crippen molar-refractivity contribution >= 4 is 28.4 Å². The molecule has 0 unspecified atom stereocenters. The lowest BCUT2D eigenvalue weighted by Crippen LogP contribution is -2.35. The van der Waals surface area contributed by atoms with Crippen molar-refractivity contribution in [3.8, 4) is 5.75 Å². The summed E-state index contributed by atoms with van der Waals surface area (Å²) in [4.78, 5) is 42.1. The first-order valence-electron chi connectivity index (χ1n) is 10.3. The predicted octanol–water partition coefficient (Wildman–Crippen LogP) is 2.39. The molecule has 0 bridgehead atoms. The average Bonchev–Trinajstić information content (AvgIpc) is 3.04. The number of nitrogens with zero attached hydrogens (tertiary/aromatic N) is 2. The van der Waals surface area contributed by atoms with E-state index in [0.29, 0.717) is 28.9 Å². The summed E-state index contributed by atoms with van der Waals surface area (Å²) in [5.41, 5.74) is 1.62. The fourth-order valence-electron chi connectivity index (χ4n) is 3.79. The Morgan fingerprint density at radius 2 is 1.94 bits per heavy atom. The zero-order valence-electron chi connectivity index (χ0n) is 17.3. The topological polar surface area (TPSA) is 102 Å². The molecule has 8 heteroatoms. The Hall–Kier alpha value is -3.68. The number of para-hydroxylation sites is 1. The highest BCUT2D eigenvalue weighted by atomic mass is 16.5. The molecule has 8 nitrogen and oxygen atoms in total. The van der Waals surface area contributed by atoms with Crippen molar-refractivity contribution in [3.63, 3.8) is 0 Å². The Kier molecular flexibility index (Phi) is 5.97. The van der Waals surface area contributed by atoms with Crippen molar-refractivity contribution in [2.24, 2.45) is 0 Å². The number of ether oxygens (including phenoxy) is 1. The maximum Gasteiger partial charge on any atom is 0.313 e. The second kappa shape index (κ2) is 8.99. The molecular weight excluding hydrogens is 396 g/mol. The van der Waals surface area contributed by atoms with E-state index in [1.165, 1.54) is 0 Å². The van der Waals surface area contributed by atoms with Gasteiger partial charge in [0.1, 0.15) is 11.6 Å². The minimum atomic E-state index is -0.808. The number of aromatic nitrogens is 2. The van der Waals surface area contributed by atoms with Crippen molar-refractivity contribution in [2.75, 3.05) is 12.4 Å². The quantitative estimate of drug-likeness (QED) is 0.631. The van der Waals surface area contributed by atoms with Gasteiger partial charge in [-0.2, -0.15) is 0 Å². The highest BCUT2D eigenvalue weighted by Crippen LogP contribution is 2.19. The number of carbonyl (C=O) groups excluding carboxylic acids is 2. The SMILES string of the molecule is COc1ccccc1CNC(=O)C(=O)Nc1ccc2nc3n(c(=O)c2c1)CCCCC3. The number of methoxy groups -OCH3 is 1. The molecule has 1 aliphatic rings. The number of fused-ring (bicyclic) bond motifs is 2. The Balaban J connectivity index is 1.48. The Morgan fingerprint density at radius 1 is 1.10 bits per heavy atom. The molecule has 0 aliphatic carbocycles. The molecule has 0 saturated carbocycles. The average molecular weight is 420 g/mol. The van der Waals surface area contributed by atoms with Crippen molar-refractivity contribution < 1.29 is 14.3 Å². The van der Waals surface area contributed by atoms with Crippen LogP contribution in [0, 0.1) is 0 Å². The summed E-state index contributed by atoms with van der Waals surface area (Å²) >= 11 is 0. The molecule has 2 N–H and O–H groups in total. The Labute approximate surface area is 179 Å². The molecule has 31 heavy (non-hydrogen) atoms. The lowest BCUT2D eigenvalue weighted by atomic mass is 10.2. The minimum absolute atomic E-state index is 0.112. The smallest absolute Gasteiger partial charge is 0.313 e. The molecule has 1 aromatic heterocycles. The van der Waals surface area contributed by atoms with Gasteiger partial charge in [0.15, 0.2) is 0 Å². The Bertz CT molecular complexity index is 1200. The van der Waals surface area contributed by atoms with Gasteiger partial charge in [-0.25, -0.2) is 4.98 Å². The van der Waals surface area contributed by atoms with Gasteiger partial charge >= 0.3 is 11.8 Å². The number of amides is 2. The van der Waals surface area contributed by atoms with E-state index in [2.05, 4.69) is 15.6 Å². The molecule has 0 saturated heterocycles. The van der Waals surface area contributed by atoms with E-state index in [-0.39, 0.29) is 12.1 Å². The fourth-order valence-corrected chi connectivity index (χ4v) is 3.79. The number of nitrogens with one attached hydrogen (secondary N) is 2. The monoisotopic (exact) mass is 420 g/mol. The highest BCUT2D eigenvalue weighted by molar-refractivity contribution is 6.39. The zero-order chi connectivity index (χ0) is 21.8. The van der Waals surface area contributed by atoms with Crippen LogP contribution in [0.1, 0.15) is 30.7 Å². The molecular formula is C23H24N4O4. The molecule has 160 valence electrons. The summed E-state index contributed by atoms with van der Waals surface area (Å²) in [6, 6.07) is 12.2. The summed E-state index contributed by atoms with van der Waals surface area (Å²) in [7, 11) is 1.55. The van der Waals surface area contributed by atoms with Crippen LogP contribution < -0.4 is 20.9 Å². The number of rotatable bonds is 4. The third-order valence-corrected chi connectivity index (χ3v) is 5.41. The van der Waals surface area contributed by atoms with Crippen molar-refractivity contribution in [1.29, 1.82) is 0 Å². The van der Waals surface area contributed by atoms with Gasteiger partial charge in [0.05, 0.1) is 18.0 Å². The second-order valence-electron chi connectivity index (χ2n) is 7.48.